The highest BCUT2D eigenvalue weighted by atomic mass is 32.1. The summed E-state index contributed by atoms with van der Waals surface area (Å²) in [5, 5.41) is 9.00. The number of benzene rings is 1. The highest BCUT2D eigenvalue weighted by Crippen LogP contribution is 2.40. The largest absolute Gasteiger partial charge is 0.347 e. The van der Waals surface area contributed by atoms with Gasteiger partial charge in [0.25, 0.3) is 11.8 Å². The van der Waals surface area contributed by atoms with Crippen molar-refractivity contribution in [2.75, 3.05) is 6.54 Å². The van der Waals surface area contributed by atoms with Crippen LogP contribution in [0, 0.1) is 0 Å². The summed E-state index contributed by atoms with van der Waals surface area (Å²) in [7, 11) is 0. The van der Waals surface area contributed by atoms with E-state index in [0.717, 1.165) is 12.0 Å². The number of carbonyl (C=O) groups is 2. The molecule has 0 bridgehead atoms. The van der Waals surface area contributed by atoms with Gasteiger partial charge in [0.2, 0.25) is 0 Å². The summed E-state index contributed by atoms with van der Waals surface area (Å²) >= 11 is 4.89. The maximum atomic E-state index is 13.4. The molecule has 7 heteroatoms. The fourth-order valence-corrected chi connectivity index (χ4v) is 6.30. The molecular weight excluding hydrogens is 444 g/mol. The van der Waals surface area contributed by atoms with Crippen molar-refractivity contribution in [3.63, 3.8) is 0 Å². The molecule has 1 unspecified atom stereocenters. The second-order valence-corrected chi connectivity index (χ2v) is 10.3. The molecule has 1 aliphatic heterocycles. The first kappa shape index (κ1) is 20.2. The number of thiophene rings is 3. The number of nitrogens with zero attached hydrogens (tertiary/aromatic N) is 1. The highest BCUT2D eigenvalue weighted by Gasteiger charge is 2.33. The molecule has 5 rings (SSSR count). The van der Waals surface area contributed by atoms with Crippen molar-refractivity contribution in [1.29, 1.82) is 0 Å². The number of rotatable bonds is 5. The van der Waals surface area contributed by atoms with Gasteiger partial charge in [0, 0.05) is 28.4 Å². The van der Waals surface area contributed by atoms with Crippen molar-refractivity contribution < 1.29 is 9.59 Å². The molecule has 156 valence electrons. The van der Waals surface area contributed by atoms with Gasteiger partial charge in [0.1, 0.15) is 0 Å². The van der Waals surface area contributed by atoms with Crippen LogP contribution in [0.5, 0.6) is 0 Å². The summed E-state index contributed by atoms with van der Waals surface area (Å²) < 4.78 is 0. The molecule has 1 atom stereocenters. The first-order valence-electron chi connectivity index (χ1n) is 10.0. The standard InChI is InChI=1S/C24H20N2O2S3/c27-23(21-4-2-13-30-21)25-15-16-5-7-17(8-6-16)24(28)26-11-9-19-18(10-14-31-19)22(26)20-3-1-12-29-20/h1-8,10,12-14,22H,9,11,15H2,(H,25,27). The third-order valence-corrected chi connectivity index (χ3v) is 8.23. The van der Waals surface area contributed by atoms with Crippen LogP contribution in [-0.4, -0.2) is 23.3 Å². The molecule has 31 heavy (non-hydrogen) atoms. The van der Waals surface area contributed by atoms with Gasteiger partial charge in [-0.25, -0.2) is 0 Å². The number of fused-ring (bicyclic) bond motifs is 1. The zero-order valence-corrected chi connectivity index (χ0v) is 19.1. The molecule has 1 N–H and O–H groups in total. The summed E-state index contributed by atoms with van der Waals surface area (Å²) in [5.74, 6) is -0.0294. The van der Waals surface area contributed by atoms with Gasteiger partial charge in [-0.3, -0.25) is 9.59 Å². The van der Waals surface area contributed by atoms with Gasteiger partial charge in [0.05, 0.1) is 10.9 Å². The van der Waals surface area contributed by atoms with Crippen LogP contribution in [0.15, 0.2) is 70.7 Å². The lowest BCUT2D eigenvalue weighted by Crippen LogP contribution is -2.39. The van der Waals surface area contributed by atoms with Gasteiger partial charge >= 0.3 is 0 Å². The van der Waals surface area contributed by atoms with Crippen LogP contribution in [0.4, 0.5) is 0 Å². The predicted molar refractivity (Wildman–Crippen MR) is 127 cm³/mol. The molecule has 0 saturated heterocycles. The fraction of sp³-hybridized carbons (Fsp3) is 0.167. The van der Waals surface area contributed by atoms with Gasteiger partial charge in [-0.15, -0.1) is 34.0 Å². The Morgan fingerprint density at radius 3 is 2.48 bits per heavy atom. The van der Waals surface area contributed by atoms with E-state index in [4.69, 9.17) is 0 Å². The Hall–Kier alpha value is -2.74. The molecule has 0 spiro atoms. The molecular formula is C24H20N2O2S3. The number of carbonyl (C=O) groups excluding carboxylic acids is 2. The van der Waals surface area contributed by atoms with E-state index in [1.165, 1.54) is 26.7 Å². The van der Waals surface area contributed by atoms with E-state index in [0.29, 0.717) is 23.5 Å². The lowest BCUT2D eigenvalue weighted by atomic mass is 9.97. The Balaban J connectivity index is 1.32. The maximum Gasteiger partial charge on any atom is 0.261 e. The maximum absolute atomic E-state index is 13.4. The quantitative estimate of drug-likeness (QED) is 0.419. The van der Waals surface area contributed by atoms with Crippen LogP contribution in [0.25, 0.3) is 0 Å². The minimum Gasteiger partial charge on any atom is -0.347 e. The Kier molecular flexibility index (Phi) is 5.72. The Morgan fingerprint density at radius 1 is 0.935 bits per heavy atom. The first-order chi connectivity index (χ1) is 15.2. The molecule has 0 fully saturated rings. The van der Waals surface area contributed by atoms with Crippen molar-refractivity contribution >= 4 is 45.8 Å². The van der Waals surface area contributed by atoms with Crippen LogP contribution in [0.2, 0.25) is 0 Å². The lowest BCUT2D eigenvalue weighted by molar-refractivity contribution is 0.0698. The zero-order valence-electron chi connectivity index (χ0n) is 16.6. The van der Waals surface area contributed by atoms with Gasteiger partial charge in [-0.1, -0.05) is 24.3 Å². The lowest BCUT2D eigenvalue weighted by Gasteiger charge is -2.35. The molecule has 1 aromatic carbocycles. The monoisotopic (exact) mass is 464 g/mol. The number of hydrogen-bond donors (Lipinski definition) is 1. The average molecular weight is 465 g/mol. The fourth-order valence-electron chi connectivity index (χ4n) is 3.90. The summed E-state index contributed by atoms with van der Waals surface area (Å²) in [4.78, 5) is 30.8. The van der Waals surface area contributed by atoms with Crippen LogP contribution >= 0.6 is 34.0 Å². The zero-order chi connectivity index (χ0) is 21.2. The Morgan fingerprint density at radius 2 is 1.74 bits per heavy atom. The SMILES string of the molecule is O=C(NCc1ccc(C(=O)N2CCc3sccc3C2c2cccs2)cc1)c1cccs1. The number of hydrogen-bond acceptors (Lipinski definition) is 5. The normalized spacial score (nSPS) is 15.5. The van der Waals surface area contributed by atoms with Gasteiger partial charge in [-0.2, -0.15) is 0 Å². The minimum absolute atomic E-state index is 0.0211. The molecule has 0 radical (unpaired) electrons. The molecule has 3 aromatic heterocycles. The molecule has 4 nitrogen and oxygen atoms in total. The summed E-state index contributed by atoms with van der Waals surface area (Å²) in [6.07, 6.45) is 0.896. The molecule has 1 aliphatic rings. The molecule has 0 saturated carbocycles. The van der Waals surface area contributed by atoms with E-state index >= 15 is 0 Å². The summed E-state index contributed by atoms with van der Waals surface area (Å²) in [5.41, 5.74) is 2.89. The van der Waals surface area contributed by atoms with Crippen molar-refractivity contribution in [1.82, 2.24) is 10.2 Å². The van der Waals surface area contributed by atoms with Gasteiger partial charge < -0.3 is 10.2 Å². The van der Waals surface area contributed by atoms with E-state index in [1.54, 1.807) is 22.7 Å². The van der Waals surface area contributed by atoms with Crippen molar-refractivity contribution in [3.8, 4) is 0 Å². The molecule has 2 amide bonds. The van der Waals surface area contributed by atoms with Crippen molar-refractivity contribution in [3.05, 3.63) is 102 Å². The topological polar surface area (TPSA) is 49.4 Å². The van der Waals surface area contributed by atoms with Crippen LogP contribution in [0.3, 0.4) is 0 Å². The Labute approximate surface area is 192 Å². The van der Waals surface area contributed by atoms with E-state index < -0.39 is 0 Å². The summed E-state index contributed by atoms with van der Waals surface area (Å²) in [6.45, 7) is 1.15. The molecule has 4 heterocycles. The van der Waals surface area contributed by atoms with E-state index in [2.05, 4.69) is 28.2 Å². The van der Waals surface area contributed by atoms with E-state index in [9.17, 15) is 9.59 Å². The van der Waals surface area contributed by atoms with Gasteiger partial charge in [-0.05, 0) is 64.0 Å². The molecule has 4 aromatic rings. The third-order valence-electron chi connectivity index (χ3n) is 5.44. The van der Waals surface area contributed by atoms with Gasteiger partial charge in [0.15, 0.2) is 0 Å². The number of nitrogens with one attached hydrogen (secondary N) is 1. The van der Waals surface area contributed by atoms with Crippen molar-refractivity contribution in [2.24, 2.45) is 0 Å². The Bertz CT molecular complexity index is 1180. The smallest absolute Gasteiger partial charge is 0.261 e. The van der Waals surface area contributed by atoms with Crippen LogP contribution in [-0.2, 0) is 13.0 Å². The third kappa shape index (κ3) is 4.08. The van der Waals surface area contributed by atoms with Crippen LogP contribution in [0.1, 0.15) is 47.0 Å². The summed E-state index contributed by atoms with van der Waals surface area (Å²) in [6, 6.07) is 17.5. The molecule has 0 aliphatic carbocycles. The van der Waals surface area contributed by atoms with E-state index in [1.807, 2.05) is 52.7 Å². The number of amides is 2. The van der Waals surface area contributed by atoms with Crippen LogP contribution < -0.4 is 5.32 Å². The van der Waals surface area contributed by atoms with E-state index in [-0.39, 0.29) is 17.9 Å². The average Bonchev–Trinajstić information content (AvgIpc) is 3.58. The predicted octanol–water partition coefficient (Wildman–Crippen LogP) is 5.59. The highest BCUT2D eigenvalue weighted by molar-refractivity contribution is 7.12. The second kappa shape index (κ2) is 8.78. The minimum atomic E-state index is -0.0752. The second-order valence-electron chi connectivity index (χ2n) is 7.32. The van der Waals surface area contributed by atoms with Crippen molar-refractivity contribution in [2.45, 2.75) is 19.0 Å². The first-order valence-corrected chi connectivity index (χ1v) is 12.7.